The van der Waals surface area contributed by atoms with Crippen LogP contribution in [0.5, 0.6) is 11.6 Å². The van der Waals surface area contributed by atoms with Gasteiger partial charge in [-0.3, -0.25) is 4.79 Å². The van der Waals surface area contributed by atoms with E-state index < -0.39 is 11.5 Å². The Balaban J connectivity index is 1.43. The third kappa shape index (κ3) is 4.29. The molecule has 2 unspecified atom stereocenters. The maximum atomic E-state index is 12.9. The molecule has 30 heavy (non-hydrogen) atoms. The lowest BCUT2D eigenvalue weighted by atomic mass is 9.98. The van der Waals surface area contributed by atoms with E-state index in [1.54, 1.807) is 36.1 Å². The van der Waals surface area contributed by atoms with Crippen LogP contribution in [-0.2, 0) is 11.5 Å². The van der Waals surface area contributed by atoms with Crippen LogP contribution >= 0.6 is 0 Å². The lowest BCUT2D eigenvalue weighted by Gasteiger charge is -2.33. The van der Waals surface area contributed by atoms with Gasteiger partial charge in [-0.05, 0) is 42.4 Å². The first-order valence-corrected chi connectivity index (χ1v) is 10.8. The number of piperidine rings is 1. The molecular formula is C20H23N5O4S. The van der Waals surface area contributed by atoms with E-state index >= 15 is 0 Å². The van der Waals surface area contributed by atoms with Crippen molar-refractivity contribution in [1.29, 1.82) is 0 Å². The fourth-order valence-corrected chi connectivity index (χ4v) is 4.48. The zero-order valence-corrected chi connectivity index (χ0v) is 17.3. The average molecular weight is 430 g/mol. The fourth-order valence-electron chi connectivity index (χ4n) is 3.80. The van der Waals surface area contributed by atoms with Crippen molar-refractivity contribution in [3.05, 3.63) is 47.2 Å². The van der Waals surface area contributed by atoms with Crippen LogP contribution in [0.25, 0.3) is 0 Å². The van der Waals surface area contributed by atoms with Crippen LogP contribution in [0.3, 0.4) is 0 Å². The number of anilines is 1. The Kier molecular flexibility index (Phi) is 5.69. The van der Waals surface area contributed by atoms with Gasteiger partial charge in [-0.25, -0.2) is 4.98 Å². The van der Waals surface area contributed by atoms with Crippen molar-refractivity contribution in [2.75, 3.05) is 24.4 Å². The largest absolute Gasteiger partial charge is 0.566 e. The second kappa shape index (κ2) is 8.41. The van der Waals surface area contributed by atoms with Crippen molar-refractivity contribution >= 4 is 29.0 Å². The highest BCUT2D eigenvalue weighted by molar-refractivity contribution is 7.91. The van der Waals surface area contributed by atoms with Crippen LogP contribution in [0.15, 0.2) is 34.7 Å². The zero-order chi connectivity index (χ0) is 21.3. The van der Waals surface area contributed by atoms with E-state index in [-0.39, 0.29) is 23.5 Å². The molecule has 1 aromatic carbocycles. The molecule has 3 heterocycles. The van der Waals surface area contributed by atoms with Gasteiger partial charge in [0.15, 0.2) is 5.84 Å². The van der Waals surface area contributed by atoms with Crippen molar-refractivity contribution < 1.29 is 19.2 Å². The highest BCUT2D eigenvalue weighted by atomic mass is 32.2. The number of nitrogens with two attached hydrogens (primary N) is 1. The molecule has 0 spiro atoms. The Morgan fingerprint density at radius 2 is 2.30 bits per heavy atom. The monoisotopic (exact) mass is 429 g/mol. The number of amidine groups is 1. The standard InChI is InChI=1S/C20H23N5O4S/c1-12-8-14(9-17(26)22-12)20(27)25-7-3-4-13(10-25)11-29-16-6-2-5-15-18(16)19(21)24-30(28)23-15/h2,5-6,8-9,13,23H,3-4,7,10-11H2,1H3,(H2,21,24)(H,22,26). The highest BCUT2D eigenvalue weighted by Gasteiger charge is 2.28. The normalized spacial score (nSPS) is 20.7. The maximum absolute atomic E-state index is 12.9. The molecule has 1 fully saturated rings. The first-order chi connectivity index (χ1) is 14.4. The summed E-state index contributed by atoms with van der Waals surface area (Å²) in [7, 11) is 0. The van der Waals surface area contributed by atoms with E-state index in [2.05, 4.69) is 14.1 Å². The van der Waals surface area contributed by atoms with Crippen molar-refractivity contribution in [2.24, 2.45) is 16.0 Å². The van der Waals surface area contributed by atoms with Gasteiger partial charge >= 0.3 is 0 Å². The Morgan fingerprint density at radius 1 is 1.47 bits per heavy atom. The number of carbonyl (C=O) groups is 1. The van der Waals surface area contributed by atoms with E-state index in [0.717, 1.165) is 12.8 Å². The van der Waals surface area contributed by atoms with Gasteiger partial charge in [-0.15, -0.1) is 0 Å². The minimum atomic E-state index is -1.59. The van der Waals surface area contributed by atoms with Gasteiger partial charge in [-0.1, -0.05) is 6.07 Å². The van der Waals surface area contributed by atoms with Gasteiger partial charge in [0.2, 0.25) is 17.4 Å². The predicted molar refractivity (Wildman–Crippen MR) is 114 cm³/mol. The van der Waals surface area contributed by atoms with Crippen LogP contribution < -0.4 is 15.2 Å². The van der Waals surface area contributed by atoms with Crippen molar-refractivity contribution in [1.82, 2.24) is 9.88 Å². The molecule has 1 amide bonds. The van der Waals surface area contributed by atoms with Crippen molar-refractivity contribution in [3.63, 3.8) is 0 Å². The molecule has 2 aliphatic rings. The number of hydrogen-bond donors (Lipinski definition) is 3. The summed E-state index contributed by atoms with van der Waals surface area (Å²) in [5.41, 5.74) is 8.20. The number of amides is 1. The van der Waals surface area contributed by atoms with Crippen LogP contribution in [0.1, 0.15) is 34.5 Å². The predicted octanol–water partition coefficient (Wildman–Crippen LogP) is 1.74. The number of hydrogen-bond acceptors (Lipinski definition) is 8. The summed E-state index contributed by atoms with van der Waals surface area (Å²) in [5, 5.41) is 9.69. The molecule has 1 saturated heterocycles. The second-order valence-corrected chi connectivity index (χ2v) is 8.32. The van der Waals surface area contributed by atoms with E-state index in [1.807, 2.05) is 0 Å². The van der Waals surface area contributed by atoms with Crippen molar-refractivity contribution in [2.45, 2.75) is 19.8 Å². The Labute approximate surface area is 177 Å². The van der Waals surface area contributed by atoms with Crippen LogP contribution in [0.4, 0.5) is 5.69 Å². The van der Waals surface area contributed by atoms with Gasteiger partial charge < -0.3 is 25.0 Å². The van der Waals surface area contributed by atoms with E-state index in [9.17, 15) is 14.5 Å². The molecule has 158 valence electrons. The number of aryl methyl sites for hydroxylation is 1. The molecule has 10 heteroatoms. The second-order valence-electron chi connectivity index (χ2n) is 7.43. The van der Waals surface area contributed by atoms with Gasteiger partial charge in [0.25, 0.3) is 5.91 Å². The molecule has 0 saturated carbocycles. The molecule has 2 aliphatic heterocycles. The number of aromatic hydroxyl groups is 1. The summed E-state index contributed by atoms with van der Waals surface area (Å²) in [5.74, 6) is 0.611. The topological polar surface area (TPSA) is 136 Å². The number of fused-ring (bicyclic) bond motifs is 1. The molecule has 0 aliphatic carbocycles. The van der Waals surface area contributed by atoms with Crippen LogP contribution in [0, 0.1) is 12.8 Å². The van der Waals surface area contributed by atoms with Crippen LogP contribution in [-0.4, -0.2) is 51.0 Å². The number of aromatic nitrogens is 1. The zero-order valence-electron chi connectivity index (χ0n) is 16.5. The Morgan fingerprint density at radius 3 is 3.10 bits per heavy atom. The number of nitrogens with one attached hydrogen (secondary N) is 1. The summed E-state index contributed by atoms with van der Waals surface area (Å²) >= 11 is -1.59. The molecule has 4 rings (SSSR count). The summed E-state index contributed by atoms with van der Waals surface area (Å²) in [4.78, 5) is 18.6. The first kappa shape index (κ1) is 20.3. The summed E-state index contributed by atoms with van der Waals surface area (Å²) < 4.78 is 24.3. The number of likely N-dealkylation sites (tertiary alicyclic amines) is 1. The molecule has 4 N–H and O–H groups in total. The molecule has 0 radical (unpaired) electrons. The summed E-state index contributed by atoms with van der Waals surface area (Å²) in [6.07, 6.45) is 1.80. The number of rotatable bonds is 4. The number of nitrogens with zero attached hydrogens (tertiary/aromatic N) is 3. The molecule has 1 aromatic heterocycles. The average Bonchev–Trinajstić information content (AvgIpc) is 2.70. The minimum absolute atomic E-state index is 0.124. The first-order valence-electron chi connectivity index (χ1n) is 9.66. The Bertz CT molecular complexity index is 979. The number of carbonyl (C=O) groups excluding carboxylic acids is 1. The number of ether oxygens (including phenoxy) is 1. The quantitative estimate of drug-likeness (QED) is 0.630. The number of pyridine rings is 1. The number of benzene rings is 1. The SMILES string of the molecule is Cc1cc(C(=O)N2CCCC(COc3cccc4c3C(N)=N[S+]([O-])N4)C2)cc(O)n1. The Hall–Kier alpha value is -2.98. The van der Waals surface area contributed by atoms with Gasteiger partial charge in [0, 0.05) is 36.3 Å². The van der Waals surface area contributed by atoms with Gasteiger partial charge in [-0.2, -0.15) is 4.72 Å². The van der Waals surface area contributed by atoms with E-state index in [0.29, 0.717) is 48.0 Å². The van der Waals surface area contributed by atoms with Crippen LogP contribution in [0.2, 0.25) is 0 Å². The lowest BCUT2D eigenvalue weighted by Crippen LogP contribution is -2.41. The summed E-state index contributed by atoms with van der Waals surface area (Å²) in [6.45, 7) is 3.37. The van der Waals surface area contributed by atoms with Gasteiger partial charge in [0.05, 0.1) is 17.9 Å². The van der Waals surface area contributed by atoms with Gasteiger partial charge in [0.1, 0.15) is 5.75 Å². The molecular weight excluding hydrogens is 406 g/mol. The van der Waals surface area contributed by atoms with Crippen molar-refractivity contribution in [3.8, 4) is 11.6 Å². The van der Waals surface area contributed by atoms with E-state index in [4.69, 9.17) is 10.5 Å². The molecule has 2 aromatic rings. The smallest absolute Gasteiger partial charge is 0.254 e. The summed E-state index contributed by atoms with van der Waals surface area (Å²) in [6, 6.07) is 8.44. The lowest BCUT2D eigenvalue weighted by molar-refractivity contribution is 0.0632. The third-order valence-corrected chi connectivity index (χ3v) is 5.89. The molecule has 9 nitrogen and oxygen atoms in total. The molecule has 0 bridgehead atoms. The fraction of sp³-hybridized carbons (Fsp3) is 0.350. The molecule has 2 atom stereocenters. The minimum Gasteiger partial charge on any atom is -0.566 e. The van der Waals surface area contributed by atoms with E-state index in [1.165, 1.54) is 6.07 Å². The third-order valence-electron chi connectivity index (χ3n) is 5.13. The highest BCUT2D eigenvalue weighted by Crippen LogP contribution is 2.31. The maximum Gasteiger partial charge on any atom is 0.254 e.